The van der Waals surface area contributed by atoms with Crippen molar-refractivity contribution in [2.75, 3.05) is 11.4 Å². The van der Waals surface area contributed by atoms with Crippen molar-refractivity contribution >= 4 is 38.3 Å². The number of benzene rings is 2. The van der Waals surface area contributed by atoms with Gasteiger partial charge in [0.05, 0.1) is 27.4 Å². The highest BCUT2D eigenvalue weighted by molar-refractivity contribution is 7.90. The third-order valence-electron chi connectivity index (χ3n) is 4.30. The first-order valence-corrected chi connectivity index (χ1v) is 9.84. The number of aryl methyl sites for hydroxylation is 1. The first-order chi connectivity index (χ1) is 12.7. The summed E-state index contributed by atoms with van der Waals surface area (Å²) < 4.78 is 54.3. The molecule has 0 saturated heterocycles. The Balaban J connectivity index is 1.94. The van der Waals surface area contributed by atoms with Crippen molar-refractivity contribution in [3.8, 4) is 0 Å². The topological polar surface area (TPSA) is 55.2 Å². The molecule has 3 aromatic rings. The van der Waals surface area contributed by atoms with Gasteiger partial charge in [0.2, 0.25) is 0 Å². The SMILES string of the molecule is Cc1ccc(S(=O)(=O)n2nc(N3C=CC(F)(F)C3)c3c(Cl)cccc32)cc1. The molecule has 0 saturated carbocycles. The van der Waals surface area contributed by atoms with Crippen LogP contribution >= 0.6 is 11.6 Å². The zero-order chi connectivity index (χ0) is 19.4. The van der Waals surface area contributed by atoms with Crippen LogP contribution in [0.3, 0.4) is 0 Å². The number of hydrogen-bond acceptors (Lipinski definition) is 4. The maximum atomic E-state index is 13.6. The third kappa shape index (κ3) is 2.98. The van der Waals surface area contributed by atoms with Crippen molar-refractivity contribution in [2.45, 2.75) is 17.7 Å². The Labute approximate surface area is 159 Å². The van der Waals surface area contributed by atoms with Crippen LogP contribution < -0.4 is 4.90 Å². The van der Waals surface area contributed by atoms with Crippen molar-refractivity contribution in [2.24, 2.45) is 0 Å². The quantitative estimate of drug-likeness (QED) is 0.650. The Morgan fingerprint density at radius 3 is 2.48 bits per heavy atom. The van der Waals surface area contributed by atoms with E-state index in [1.807, 2.05) is 6.92 Å². The van der Waals surface area contributed by atoms with Gasteiger partial charge >= 0.3 is 0 Å². The fourth-order valence-corrected chi connectivity index (χ4v) is 4.48. The van der Waals surface area contributed by atoms with E-state index in [0.29, 0.717) is 5.39 Å². The number of alkyl halides is 2. The molecule has 1 aliphatic rings. The zero-order valence-corrected chi connectivity index (χ0v) is 15.7. The average molecular weight is 410 g/mol. The van der Waals surface area contributed by atoms with Crippen LogP contribution in [-0.2, 0) is 10.0 Å². The molecule has 0 aliphatic carbocycles. The van der Waals surface area contributed by atoms with Gasteiger partial charge in [-0.1, -0.05) is 35.4 Å². The summed E-state index contributed by atoms with van der Waals surface area (Å²) in [7, 11) is -4.03. The highest BCUT2D eigenvalue weighted by atomic mass is 35.5. The summed E-state index contributed by atoms with van der Waals surface area (Å²) in [4.78, 5) is 1.25. The highest BCUT2D eigenvalue weighted by Crippen LogP contribution is 2.37. The average Bonchev–Trinajstić information content (AvgIpc) is 3.17. The van der Waals surface area contributed by atoms with E-state index in [2.05, 4.69) is 5.10 Å². The molecule has 9 heteroatoms. The molecule has 0 unspecified atom stereocenters. The Morgan fingerprint density at radius 1 is 1.15 bits per heavy atom. The number of fused-ring (bicyclic) bond motifs is 1. The molecular formula is C18H14ClF2N3O2S. The van der Waals surface area contributed by atoms with Crippen LogP contribution in [0.15, 0.2) is 59.6 Å². The summed E-state index contributed by atoms with van der Waals surface area (Å²) in [5.74, 6) is -2.95. The summed E-state index contributed by atoms with van der Waals surface area (Å²) in [6, 6.07) is 11.0. The van der Waals surface area contributed by atoms with Gasteiger partial charge in [0, 0.05) is 12.3 Å². The second-order valence-electron chi connectivity index (χ2n) is 6.32. The standard InChI is InChI=1S/C18H14ClF2N3O2S/c1-12-5-7-13(8-6-12)27(25,26)24-15-4-2-3-14(19)16(15)17(22-24)23-10-9-18(20,21)11-23/h2-10H,11H2,1H3. The van der Waals surface area contributed by atoms with E-state index >= 15 is 0 Å². The Morgan fingerprint density at radius 2 is 1.85 bits per heavy atom. The summed E-state index contributed by atoms with van der Waals surface area (Å²) >= 11 is 6.26. The number of nitrogens with zero attached hydrogens (tertiary/aromatic N) is 3. The Kier molecular flexibility index (Phi) is 4.01. The van der Waals surface area contributed by atoms with Gasteiger partial charge in [-0.15, -0.1) is 5.10 Å². The van der Waals surface area contributed by atoms with Crippen molar-refractivity contribution in [3.05, 3.63) is 65.3 Å². The van der Waals surface area contributed by atoms with Gasteiger partial charge in [-0.2, -0.15) is 21.3 Å². The molecule has 27 heavy (non-hydrogen) atoms. The number of hydrogen-bond donors (Lipinski definition) is 0. The van der Waals surface area contributed by atoms with E-state index in [0.717, 1.165) is 15.7 Å². The minimum absolute atomic E-state index is 0.0475. The molecule has 2 aromatic carbocycles. The van der Waals surface area contributed by atoms with Crippen LogP contribution in [0, 0.1) is 6.92 Å². The lowest BCUT2D eigenvalue weighted by Gasteiger charge is -2.15. The molecule has 4 rings (SSSR count). The van der Waals surface area contributed by atoms with E-state index < -0.39 is 22.5 Å². The van der Waals surface area contributed by atoms with E-state index in [1.165, 1.54) is 23.2 Å². The predicted molar refractivity (Wildman–Crippen MR) is 99.9 cm³/mol. The van der Waals surface area contributed by atoms with E-state index in [9.17, 15) is 17.2 Å². The van der Waals surface area contributed by atoms with Crippen molar-refractivity contribution in [1.29, 1.82) is 0 Å². The summed E-state index contributed by atoms with van der Waals surface area (Å²) in [6.45, 7) is 1.21. The summed E-state index contributed by atoms with van der Waals surface area (Å²) in [5.41, 5.74) is 1.13. The Hall–Kier alpha value is -2.45. The molecule has 0 N–H and O–H groups in total. The largest absolute Gasteiger partial charge is 0.325 e. The minimum atomic E-state index is -4.03. The molecule has 0 amide bonds. The van der Waals surface area contributed by atoms with Crippen molar-refractivity contribution in [1.82, 2.24) is 9.19 Å². The van der Waals surface area contributed by atoms with Gasteiger partial charge in [-0.3, -0.25) is 0 Å². The van der Waals surface area contributed by atoms with Crippen LogP contribution in [0.1, 0.15) is 5.56 Å². The molecule has 2 heterocycles. The molecule has 0 spiro atoms. The number of rotatable bonds is 3. The maximum absolute atomic E-state index is 13.6. The second-order valence-corrected chi connectivity index (χ2v) is 8.50. The summed E-state index contributed by atoms with van der Waals surface area (Å²) in [5, 5.41) is 4.69. The molecule has 5 nitrogen and oxygen atoms in total. The molecule has 0 atom stereocenters. The fraction of sp³-hybridized carbons (Fsp3) is 0.167. The van der Waals surface area contributed by atoms with Crippen LogP contribution in [0.5, 0.6) is 0 Å². The monoisotopic (exact) mass is 409 g/mol. The molecule has 1 aromatic heterocycles. The third-order valence-corrected chi connectivity index (χ3v) is 6.22. The first-order valence-electron chi connectivity index (χ1n) is 8.02. The number of aromatic nitrogens is 2. The maximum Gasteiger partial charge on any atom is 0.285 e. The highest BCUT2D eigenvalue weighted by Gasteiger charge is 2.36. The minimum Gasteiger partial charge on any atom is -0.325 e. The van der Waals surface area contributed by atoms with Crippen molar-refractivity contribution in [3.63, 3.8) is 0 Å². The van der Waals surface area contributed by atoms with E-state index in [1.54, 1.807) is 30.3 Å². The van der Waals surface area contributed by atoms with Crippen molar-refractivity contribution < 1.29 is 17.2 Å². The van der Waals surface area contributed by atoms with Gasteiger partial charge < -0.3 is 4.90 Å². The smallest absolute Gasteiger partial charge is 0.285 e. The number of halogens is 3. The van der Waals surface area contributed by atoms with E-state index in [-0.39, 0.29) is 21.3 Å². The van der Waals surface area contributed by atoms with Gasteiger partial charge in [0.15, 0.2) is 5.82 Å². The van der Waals surface area contributed by atoms with Crippen LogP contribution in [-0.4, -0.2) is 30.1 Å². The fourth-order valence-electron chi connectivity index (χ4n) is 2.95. The lowest BCUT2D eigenvalue weighted by molar-refractivity contribution is 0.0728. The molecule has 140 valence electrons. The molecule has 0 fully saturated rings. The molecule has 0 radical (unpaired) electrons. The van der Waals surface area contributed by atoms with Gasteiger partial charge in [-0.25, -0.2) is 0 Å². The molecular weight excluding hydrogens is 396 g/mol. The Bertz CT molecular complexity index is 1170. The number of anilines is 1. The first kappa shape index (κ1) is 17.9. The predicted octanol–water partition coefficient (Wildman–Crippen LogP) is 4.20. The lowest BCUT2D eigenvalue weighted by atomic mass is 10.2. The van der Waals surface area contributed by atoms with Gasteiger partial charge in [0.25, 0.3) is 15.9 Å². The second kappa shape index (κ2) is 6.03. The van der Waals surface area contributed by atoms with Gasteiger partial charge in [-0.05, 0) is 31.2 Å². The van der Waals surface area contributed by atoms with Crippen LogP contribution in [0.4, 0.5) is 14.6 Å². The lowest BCUT2D eigenvalue weighted by Crippen LogP contribution is -2.26. The zero-order valence-electron chi connectivity index (χ0n) is 14.1. The van der Waals surface area contributed by atoms with Crippen LogP contribution in [0.25, 0.3) is 10.9 Å². The summed E-state index contributed by atoms with van der Waals surface area (Å²) in [6.07, 6.45) is 1.94. The van der Waals surface area contributed by atoms with Crippen LogP contribution in [0.2, 0.25) is 5.02 Å². The normalized spacial score (nSPS) is 16.4. The van der Waals surface area contributed by atoms with Gasteiger partial charge in [0.1, 0.15) is 0 Å². The molecule has 1 aliphatic heterocycles. The molecule has 0 bridgehead atoms. The van der Waals surface area contributed by atoms with E-state index in [4.69, 9.17) is 11.6 Å².